The van der Waals surface area contributed by atoms with Crippen molar-refractivity contribution in [3.8, 4) is 11.8 Å². The van der Waals surface area contributed by atoms with Crippen molar-refractivity contribution in [3.63, 3.8) is 0 Å². The molecule has 0 heterocycles. The molecule has 0 spiro atoms. The van der Waals surface area contributed by atoms with Gasteiger partial charge in [-0.25, -0.2) is 4.39 Å². The second kappa shape index (κ2) is 6.69. The first-order valence-corrected chi connectivity index (χ1v) is 6.37. The van der Waals surface area contributed by atoms with Crippen molar-refractivity contribution in [1.29, 1.82) is 0 Å². The van der Waals surface area contributed by atoms with E-state index in [1.807, 2.05) is 0 Å². The molecular weight excluding hydrogens is 269 g/mol. The molecular formula is C17H14FNO2. The van der Waals surface area contributed by atoms with E-state index in [2.05, 4.69) is 17.2 Å². The smallest absolute Gasteiger partial charge is 0.255 e. The van der Waals surface area contributed by atoms with Crippen LogP contribution in [0.3, 0.4) is 0 Å². The molecule has 0 aliphatic carbocycles. The Morgan fingerprint density at radius 3 is 2.57 bits per heavy atom. The van der Waals surface area contributed by atoms with Gasteiger partial charge >= 0.3 is 0 Å². The zero-order chi connectivity index (χ0) is 15.2. The van der Waals surface area contributed by atoms with Gasteiger partial charge in [0.2, 0.25) is 0 Å². The van der Waals surface area contributed by atoms with Crippen molar-refractivity contribution in [2.75, 3.05) is 11.9 Å². The van der Waals surface area contributed by atoms with E-state index in [0.717, 1.165) is 5.56 Å². The molecule has 2 N–H and O–H groups in total. The topological polar surface area (TPSA) is 49.3 Å². The molecule has 0 saturated heterocycles. The number of amides is 1. The number of rotatable bonds is 2. The fourth-order valence-corrected chi connectivity index (χ4v) is 1.72. The van der Waals surface area contributed by atoms with E-state index < -0.39 is 5.82 Å². The third kappa shape index (κ3) is 3.91. The monoisotopic (exact) mass is 283 g/mol. The van der Waals surface area contributed by atoms with Crippen LogP contribution < -0.4 is 5.32 Å². The molecule has 4 heteroatoms. The van der Waals surface area contributed by atoms with Gasteiger partial charge in [0.05, 0.1) is 0 Å². The Kier molecular flexibility index (Phi) is 4.70. The average Bonchev–Trinajstić information content (AvgIpc) is 2.49. The number of aryl methyl sites for hydroxylation is 1. The minimum atomic E-state index is -0.405. The van der Waals surface area contributed by atoms with Crippen LogP contribution in [0.1, 0.15) is 21.5 Å². The first-order chi connectivity index (χ1) is 10.1. The Morgan fingerprint density at radius 1 is 1.24 bits per heavy atom. The second-order valence-corrected chi connectivity index (χ2v) is 4.46. The second-order valence-electron chi connectivity index (χ2n) is 4.46. The molecule has 0 atom stereocenters. The van der Waals surface area contributed by atoms with Gasteiger partial charge in [0.15, 0.2) is 0 Å². The van der Waals surface area contributed by atoms with Gasteiger partial charge in [-0.3, -0.25) is 4.79 Å². The molecule has 2 rings (SSSR count). The molecule has 0 aliphatic heterocycles. The Bertz CT molecular complexity index is 712. The maximum Gasteiger partial charge on any atom is 0.255 e. The Balaban J connectivity index is 2.10. The molecule has 1 amide bonds. The van der Waals surface area contributed by atoms with Crippen LogP contribution in [0.2, 0.25) is 0 Å². The molecule has 0 radical (unpaired) electrons. The maximum absolute atomic E-state index is 13.4. The number of nitrogens with one attached hydrogen (secondary N) is 1. The van der Waals surface area contributed by atoms with Crippen molar-refractivity contribution < 1.29 is 14.3 Å². The Morgan fingerprint density at radius 2 is 1.95 bits per heavy atom. The summed E-state index contributed by atoms with van der Waals surface area (Å²) in [4.78, 5) is 12.0. The molecule has 0 fully saturated rings. The minimum Gasteiger partial charge on any atom is -0.384 e. The molecule has 0 aliphatic rings. The number of hydrogen-bond donors (Lipinski definition) is 2. The van der Waals surface area contributed by atoms with Gasteiger partial charge in [0, 0.05) is 16.8 Å². The fourth-order valence-electron chi connectivity index (χ4n) is 1.72. The lowest BCUT2D eigenvalue weighted by Crippen LogP contribution is -2.12. The van der Waals surface area contributed by atoms with E-state index in [4.69, 9.17) is 5.11 Å². The lowest BCUT2D eigenvalue weighted by molar-refractivity contribution is 0.102. The summed E-state index contributed by atoms with van der Waals surface area (Å²) in [5, 5.41) is 11.3. The fraction of sp³-hybridized carbons (Fsp3) is 0.118. The van der Waals surface area contributed by atoms with Gasteiger partial charge in [-0.15, -0.1) is 0 Å². The average molecular weight is 283 g/mol. The van der Waals surface area contributed by atoms with Crippen molar-refractivity contribution >= 4 is 11.6 Å². The van der Waals surface area contributed by atoms with Gasteiger partial charge < -0.3 is 10.4 Å². The highest BCUT2D eigenvalue weighted by atomic mass is 19.1. The highest BCUT2D eigenvalue weighted by molar-refractivity contribution is 6.04. The van der Waals surface area contributed by atoms with Gasteiger partial charge in [-0.05, 0) is 48.9 Å². The number of hydrogen-bond acceptors (Lipinski definition) is 2. The number of anilines is 1. The van der Waals surface area contributed by atoms with E-state index >= 15 is 0 Å². The molecule has 0 unspecified atom stereocenters. The molecule has 2 aromatic rings. The van der Waals surface area contributed by atoms with Gasteiger partial charge in [-0.2, -0.15) is 0 Å². The lowest BCUT2D eigenvalue weighted by atomic mass is 10.1. The van der Waals surface area contributed by atoms with Crippen LogP contribution in [-0.2, 0) is 0 Å². The number of carbonyl (C=O) groups is 1. The minimum absolute atomic E-state index is 0.197. The van der Waals surface area contributed by atoms with E-state index in [1.54, 1.807) is 43.3 Å². The molecule has 3 nitrogen and oxygen atoms in total. The Labute approximate surface area is 122 Å². The third-order valence-electron chi connectivity index (χ3n) is 2.89. The number of aliphatic hydroxyl groups is 1. The molecule has 0 aromatic heterocycles. The summed E-state index contributed by atoms with van der Waals surface area (Å²) in [6.45, 7) is 1.45. The number of halogens is 1. The van der Waals surface area contributed by atoms with Gasteiger partial charge in [0.1, 0.15) is 12.4 Å². The predicted molar refractivity (Wildman–Crippen MR) is 79.5 cm³/mol. The highest BCUT2D eigenvalue weighted by Crippen LogP contribution is 2.13. The first kappa shape index (κ1) is 14.8. The number of benzene rings is 2. The van der Waals surface area contributed by atoms with Crippen molar-refractivity contribution in [3.05, 3.63) is 65.0 Å². The van der Waals surface area contributed by atoms with Crippen molar-refractivity contribution in [2.45, 2.75) is 6.92 Å². The number of aliphatic hydroxyl groups excluding tert-OH is 1. The van der Waals surface area contributed by atoms with Crippen LogP contribution in [0.5, 0.6) is 0 Å². The first-order valence-electron chi connectivity index (χ1n) is 6.37. The Hall–Kier alpha value is -2.64. The van der Waals surface area contributed by atoms with Crippen molar-refractivity contribution in [2.24, 2.45) is 0 Å². The molecule has 106 valence electrons. The largest absolute Gasteiger partial charge is 0.384 e. The van der Waals surface area contributed by atoms with E-state index in [9.17, 15) is 9.18 Å². The van der Waals surface area contributed by atoms with Crippen LogP contribution in [-0.4, -0.2) is 17.6 Å². The summed E-state index contributed by atoms with van der Waals surface area (Å²) >= 11 is 0. The van der Waals surface area contributed by atoms with E-state index in [-0.39, 0.29) is 18.1 Å². The van der Waals surface area contributed by atoms with Crippen LogP contribution in [0, 0.1) is 24.6 Å². The quantitative estimate of drug-likeness (QED) is 0.833. The van der Waals surface area contributed by atoms with Crippen LogP contribution in [0.15, 0.2) is 42.5 Å². The highest BCUT2D eigenvalue weighted by Gasteiger charge is 2.08. The van der Waals surface area contributed by atoms with Crippen LogP contribution >= 0.6 is 0 Å². The van der Waals surface area contributed by atoms with Gasteiger partial charge in [-0.1, -0.05) is 17.9 Å². The van der Waals surface area contributed by atoms with Crippen LogP contribution in [0.25, 0.3) is 0 Å². The number of carbonyl (C=O) groups excluding carboxylic acids is 1. The van der Waals surface area contributed by atoms with Crippen LogP contribution in [0.4, 0.5) is 10.1 Å². The zero-order valence-corrected chi connectivity index (χ0v) is 11.5. The summed E-state index contributed by atoms with van der Waals surface area (Å²) < 4.78 is 13.4. The molecule has 21 heavy (non-hydrogen) atoms. The van der Waals surface area contributed by atoms with E-state index in [1.165, 1.54) is 6.07 Å². The summed E-state index contributed by atoms with van der Waals surface area (Å²) in [6, 6.07) is 11.2. The van der Waals surface area contributed by atoms with E-state index in [0.29, 0.717) is 11.3 Å². The predicted octanol–water partition coefficient (Wildman–Crippen LogP) is 2.73. The molecule has 2 aromatic carbocycles. The summed E-state index contributed by atoms with van der Waals surface area (Å²) in [5.74, 6) is 4.52. The lowest BCUT2D eigenvalue weighted by Gasteiger charge is -2.06. The van der Waals surface area contributed by atoms with Gasteiger partial charge in [0.25, 0.3) is 5.91 Å². The summed E-state index contributed by atoms with van der Waals surface area (Å²) in [6.07, 6.45) is 0. The molecule has 0 bridgehead atoms. The molecule has 0 saturated carbocycles. The summed E-state index contributed by atoms with van der Waals surface area (Å²) in [5.41, 5.74) is 2.10. The van der Waals surface area contributed by atoms with Crippen molar-refractivity contribution in [1.82, 2.24) is 0 Å². The standard InChI is InChI=1S/C17H14FNO2/c1-12-4-7-14(11-16(12)18)17(21)19-15-8-5-13(6-9-15)3-2-10-20/h4-9,11,20H,10H2,1H3,(H,19,21). The zero-order valence-electron chi connectivity index (χ0n) is 11.5. The maximum atomic E-state index is 13.4. The SMILES string of the molecule is Cc1ccc(C(=O)Nc2ccc(C#CCO)cc2)cc1F. The summed E-state index contributed by atoms with van der Waals surface area (Å²) in [7, 11) is 0. The third-order valence-corrected chi connectivity index (χ3v) is 2.89. The normalized spacial score (nSPS) is 9.67.